The molecule has 0 fully saturated rings. The van der Waals surface area contributed by atoms with E-state index in [1.54, 1.807) is 36.4 Å². The molecule has 0 radical (unpaired) electrons. The van der Waals surface area contributed by atoms with E-state index in [0.29, 0.717) is 57.8 Å². The number of benzene rings is 3. The number of carbonyl (C=O) groups is 3. The molecule has 0 spiro atoms. The molecule has 234 valence electrons. The highest BCUT2D eigenvalue weighted by molar-refractivity contribution is 5.95. The van der Waals surface area contributed by atoms with E-state index in [-0.39, 0.29) is 30.3 Å². The van der Waals surface area contributed by atoms with Crippen LogP contribution >= 0.6 is 0 Å². The number of methoxy groups -OCH3 is 6. The molecule has 44 heavy (non-hydrogen) atoms. The fourth-order valence-corrected chi connectivity index (χ4v) is 3.99. The number of nitrogens with one attached hydrogen (secondary N) is 2. The number of hydrazone groups is 1. The number of ether oxygens (including phenoxy) is 7. The minimum atomic E-state index is -0.613. The van der Waals surface area contributed by atoms with Gasteiger partial charge in [0.25, 0.3) is 5.91 Å². The number of hydrogen-bond acceptors (Lipinski definition) is 11. The van der Waals surface area contributed by atoms with Crippen LogP contribution in [0.4, 0.5) is 0 Å². The van der Waals surface area contributed by atoms with Crippen LogP contribution in [0.3, 0.4) is 0 Å². The summed E-state index contributed by atoms with van der Waals surface area (Å²) < 4.78 is 37.1. The van der Waals surface area contributed by atoms with E-state index in [1.807, 2.05) is 0 Å². The van der Waals surface area contributed by atoms with Crippen LogP contribution in [0.2, 0.25) is 0 Å². The largest absolute Gasteiger partial charge is 0.493 e. The lowest BCUT2D eigenvalue weighted by Gasteiger charge is -2.14. The van der Waals surface area contributed by atoms with Gasteiger partial charge < -0.3 is 38.5 Å². The topological polar surface area (TPSA) is 152 Å². The summed E-state index contributed by atoms with van der Waals surface area (Å²) in [4.78, 5) is 37.4. The molecule has 2 amide bonds. The molecule has 3 aromatic rings. The Balaban J connectivity index is 1.45. The summed E-state index contributed by atoms with van der Waals surface area (Å²) in [5.74, 6) is 1.15. The SMILES string of the molecule is COc1cc(C(=O)NCCCC(=O)N/N=C/c2ccc(OC(=O)c3cc(OC)c(OC)c(OC)c3)cc2)cc(OC)c1OC. The molecule has 13 heteroatoms. The maximum absolute atomic E-state index is 12.7. The van der Waals surface area contributed by atoms with Gasteiger partial charge in [0.05, 0.1) is 54.4 Å². The van der Waals surface area contributed by atoms with Gasteiger partial charge in [-0.1, -0.05) is 0 Å². The normalized spacial score (nSPS) is 10.5. The van der Waals surface area contributed by atoms with Crippen molar-refractivity contribution in [2.45, 2.75) is 12.8 Å². The molecule has 0 aliphatic heterocycles. The van der Waals surface area contributed by atoms with Gasteiger partial charge >= 0.3 is 5.97 Å². The Morgan fingerprint density at radius 1 is 0.705 bits per heavy atom. The van der Waals surface area contributed by atoms with Crippen molar-refractivity contribution >= 4 is 24.0 Å². The smallest absolute Gasteiger partial charge is 0.343 e. The Bertz CT molecular complexity index is 1440. The molecule has 0 bridgehead atoms. The molecule has 0 aliphatic rings. The molecule has 0 unspecified atom stereocenters. The minimum absolute atomic E-state index is 0.142. The van der Waals surface area contributed by atoms with Crippen LogP contribution in [0.15, 0.2) is 53.6 Å². The quantitative estimate of drug-likeness (QED) is 0.0859. The summed E-state index contributed by atoms with van der Waals surface area (Å²) in [6.45, 7) is 0.267. The fourth-order valence-electron chi connectivity index (χ4n) is 3.99. The van der Waals surface area contributed by atoms with Crippen molar-refractivity contribution < 1.29 is 47.5 Å². The molecule has 3 aromatic carbocycles. The molecule has 0 atom stereocenters. The van der Waals surface area contributed by atoms with Crippen molar-refractivity contribution in [3.63, 3.8) is 0 Å². The van der Waals surface area contributed by atoms with Crippen molar-refractivity contribution in [1.29, 1.82) is 0 Å². The summed E-state index contributed by atoms with van der Waals surface area (Å²) in [6, 6.07) is 12.6. The highest BCUT2D eigenvalue weighted by Crippen LogP contribution is 2.39. The highest BCUT2D eigenvalue weighted by atomic mass is 16.5. The molecule has 0 saturated heterocycles. The van der Waals surface area contributed by atoms with Gasteiger partial charge in [-0.25, -0.2) is 10.2 Å². The second kappa shape index (κ2) is 16.2. The Morgan fingerprint density at radius 3 is 1.68 bits per heavy atom. The van der Waals surface area contributed by atoms with E-state index in [4.69, 9.17) is 33.2 Å². The number of carbonyl (C=O) groups excluding carboxylic acids is 3. The Hall–Kier alpha value is -5.46. The summed E-state index contributed by atoms with van der Waals surface area (Å²) in [5.41, 5.74) is 3.65. The van der Waals surface area contributed by atoms with Crippen molar-refractivity contribution in [3.8, 4) is 40.2 Å². The average Bonchev–Trinajstić information content (AvgIpc) is 3.05. The van der Waals surface area contributed by atoms with Crippen molar-refractivity contribution in [1.82, 2.24) is 10.7 Å². The molecule has 0 heterocycles. The first-order valence-electron chi connectivity index (χ1n) is 13.3. The number of amides is 2. The second-order valence-electron chi connectivity index (χ2n) is 8.94. The van der Waals surface area contributed by atoms with Crippen molar-refractivity contribution in [2.24, 2.45) is 5.10 Å². The van der Waals surface area contributed by atoms with Crippen LogP contribution in [0.5, 0.6) is 40.2 Å². The Morgan fingerprint density at radius 2 is 1.20 bits per heavy atom. The van der Waals surface area contributed by atoms with Crippen LogP contribution in [0.25, 0.3) is 0 Å². The molecule has 2 N–H and O–H groups in total. The molecular weight excluding hydrogens is 574 g/mol. The maximum atomic E-state index is 12.7. The zero-order valence-corrected chi connectivity index (χ0v) is 25.3. The minimum Gasteiger partial charge on any atom is -0.493 e. The Kier molecular flexibility index (Phi) is 12.2. The lowest BCUT2D eigenvalue weighted by molar-refractivity contribution is -0.121. The van der Waals surface area contributed by atoms with E-state index in [2.05, 4.69) is 15.8 Å². The van der Waals surface area contributed by atoms with Gasteiger partial charge in [-0.05, 0) is 60.5 Å². The number of rotatable bonds is 15. The van der Waals surface area contributed by atoms with Gasteiger partial charge in [0.15, 0.2) is 23.0 Å². The highest BCUT2D eigenvalue weighted by Gasteiger charge is 2.19. The van der Waals surface area contributed by atoms with Gasteiger partial charge in [0.1, 0.15) is 5.75 Å². The average molecular weight is 610 g/mol. The number of esters is 1. The van der Waals surface area contributed by atoms with Gasteiger partial charge in [-0.3, -0.25) is 9.59 Å². The van der Waals surface area contributed by atoms with Gasteiger partial charge in [0.2, 0.25) is 17.4 Å². The van der Waals surface area contributed by atoms with Gasteiger partial charge in [-0.2, -0.15) is 5.10 Å². The monoisotopic (exact) mass is 609 g/mol. The third-order valence-corrected chi connectivity index (χ3v) is 6.19. The van der Waals surface area contributed by atoms with Gasteiger partial charge in [-0.15, -0.1) is 0 Å². The molecule has 3 rings (SSSR count). The van der Waals surface area contributed by atoms with Crippen molar-refractivity contribution in [3.05, 3.63) is 65.2 Å². The maximum Gasteiger partial charge on any atom is 0.343 e. The molecular formula is C31H35N3O10. The molecule has 0 aliphatic carbocycles. The first-order valence-corrected chi connectivity index (χ1v) is 13.3. The van der Waals surface area contributed by atoms with Crippen LogP contribution in [0, 0.1) is 0 Å². The van der Waals surface area contributed by atoms with Crippen LogP contribution in [0.1, 0.15) is 39.1 Å². The van der Waals surface area contributed by atoms with Gasteiger partial charge in [0, 0.05) is 18.5 Å². The third kappa shape index (κ3) is 8.53. The summed E-state index contributed by atoms with van der Waals surface area (Å²) in [6.07, 6.45) is 1.99. The predicted molar refractivity (Wildman–Crippen MR) is 161 cm³/mol. The van der Waals surface area contributed by atoms with E-state index < -0.39 is 5.97 Å². The second-order valence-corrected chi connectivity index (χ2v) is 8.94. The lowest BCUT2D eigenvalue weighted by Crippen LogP contribution is -2.26. The van der Waals surface area contributed by atoms with Crippen molar-refractivity contribution in [2.75, 3.05) is 49.2 Å². The van der Waals surface area contributed by atoms with E-state index in [9.17, 15) is 14.4 Å². The van der Waals surface area contributed by atoms with E-state index in [0.717, 1.165) is 0 Å². The zero-order valence-electron chi connectivity index (χ0n) is 25.3. The first kappa shape index (κ1) is 33.0. The lowest BCUT2D eigenvalue weighted by atomic mass is 10.1. The van der Waals surface area contributed by atoms with E-state index >= 15 is 0 Å². The number of hydrogen-bond donors (Lipinski definition) is 2. The van der Waals surface area contributed by atoms with Crippen LogP contribution in [-0.4, -0.2) is 73.2 Å². The predicted octanol–water partition coefficient (Wildman–Crippen LogP) is 3.62. The van der Waals surface area contributed by atoms with Crippen LogP contribution in [-0.2, 0) is 4.79 Å². The summed E-state index contributed by atoms with van der Waals surface area (Å²) in [7, 11) is 8.79. The standard InChI is InChI=1S/C31H35N3O10/c1-38-23-14-20(15-24(39-2)28(23)42-5)30(36)32-13-7-8-27(35)34-33-18-19-9-11-22(12-10-19)44-31(37)21-16-25(40-3)29(43-6)26(17-21)41-4/h9-12,14-18H,7-8,13H2,1-6H3,(H,32,36)(H,34,35)/b33-18+. The number of nitrogens with zero attached hydrogens (tertiary/aromatic N) is 1. The third-order valence-electron chi connectivity index (χ3n) is 6.19. The molecule has 0 saturated carbocycles. The Labute approximate surface area is 255 Å². The van der Waals surface area contributed by atoms with Crippen LogP contribution < -0.4 is 43.9 Å². The van der Waals surface area contributed by atoms with E-state index in [1.165, 1.54) is 61.0 Å². The fraction of sp³-hybridized carbons (Fsp3) is 0.290. The summed E-state index contributed by atoms with van der Waals surface area (Å²) >= 11 is 0. The molecule has 13 nitrogen and oxygen atoms in total. The molecule has 0 aromatic heterocycles. The zero-order chi connectivity index (χ0) is 32.1. The summed E-state index contributed by atoms with van der Waals surface area (Å²) in [5, 5.41) is 6.71. The first-order chi connectivity index (χ1) is 21.3.